The standard InChI is InChI=1S/C28H30ClNO7S/c1-28(2,3)37-27(34)30(18-25(31)21-5-4-6-22(29)17-21)16-15-19-7-11-23(12-8-19)38(35,36)24-13-9-20(10-14-24)26(32)33/h4-14,17,25,31H,15-16,18H2,1-3H3,(H,32,33). The summed E-state index contributed by atoms with van der Waals surface area (Å²) >= 11 is 6.04. The molecule has 0 aliphatic carbocycles. The molecule has 1 amide bonds. The van der Waals surface area contributed by atoms with Crippen LogP contribution in [0, 0.1) is 0 Å². The van der Waals surface area contributed by atoms with Gasteiger partial charge in [-0.1, -0.05) is 35.9 Å². The van der Waals surface area contributed by atoms with Crippen molar-refractivity contribution < 1.29 is 33.0 Å². The summed E-state index contributed by atoms with van der Waals surface area (Å²) in [5.74, 6) is -1.14. The highest BCUT2D eigenvalue weighted by atomic mass is 35.5. The van der Waals surface area contributed by atoms with Crippen LogP contribution in [0.2, 0.25) is 5.02 Å². The minimum absolute atomic E-state index is 0.00526. The van der Waals surface area contributed by atoms with Crippen LogP contribution in [0.15, 0.2) is 82.6 Å². The van der Waals surface area contributed by atoms with Gasteiger partial charge in [-0.2, -0.15) is 0 Å². The van der Waals surface area contributed by atoms with Gasteiger partial charge in [-0.05, 0) is 86.8 Å². The van der Waals surface area contributed by atoms with Crippen molar-refractivity contribution in [3.8, 4) is 0 Å². The molecule has 0 aliphatic heterocycles. The average molecular weight is 560 g/mol. The Labute approximate surface area is 227 Å². The number of hydrogen-bond donors (Lipinski definition) is 2. The Morgan fingerprint density at radius 3 is 2.08 bits per heavy atom. The van der Waals surface area contributed by atoms with Crippen LogP contribution in [-0.4, -0.2) is 54.3 Å². The van der Waals surface area contributed by atoms with Crippen LogP contribution in [-0.2, 0) is 21.0 Å². The van der Waals surface area contributed by atoms with Crippen LogP contribution in [0.5, 0.6) is 0 Å². The van der Waals surface area contributed by atoms with E-state index in [-0.39, 0.29) is 28.4 Å². The Balaban J connectivity index is 1.74. The molecule has 3 aromatic carbocycles. The number of benzene rings is 3. The number of halogens is 1. The Morgan fingerprint density at radius 1 is 0.974 bits per heavy atom. The number of nitrogens with zero attached hydrogens (tertiary/aromatic N) is 1. The number of aliphatic hydroxyl groups excluding tert-OH is 1. The van der Waals surface area contributed by atoms with Gasteiger partial charge in [0.1, 0.15) is 5.60 Å². The second-order valence-corrected chi connectivity index (χ2v) is 12.1. The normalized spacial score (nSPS) is 12.6. The molecule has 0 aliphatic rings. The van der Waals surface area contributed by atoms with Crippen LogP contribution in [0.25, 0.3) is 0 Å². The van der Waals surface area contributed by atoms with Gasteiger partial charge in [0.15, 0.2) is 0 Å². The number of carboxylic acids is 1. The van der Waals surface area contributed by atoms with E-state index in [0.717, 1.165) is 5.56 Å². The molecule has 0 saturated carbocycles. The van der Waals surface area contributed by atoms with Crippen molar-refractivity contribution in [1.82, 2.24) is 4.90 Å². The molecule has 0 spiro atoms. The van der Waals surface area contributed by atoms with E-state index in [1.807, 2.05) is 0 Å². The molecule has 10 heteroatoms. The molecule has 0 heterocycles. The van der Waals surface area contributed by atoms with Gasteiger partial charge >= 0.3 is 12.1 Å². The van der Waals surface area contributed by atoms with Gasteiger partial charge in [-0.15, -0.1) is 0 Å². The van der Waals surface area contributed by atoms with Gasteiger partial charge in [-0.3, -0.25) is 0 Å². The summed E-state index contributed by atoms with van der Waals surface area (Å²) in [6, 6.07) is 18.0. The fourth-order valence-corrected chi connectivity index (χ4v) is 5.08. The molecule has 0 radical (unpaired) electrons. The molecule has 3 aromatic rings. The zero-order chi connectivity index (χ0) is 28.1. The van der Waals surface area contributed by atoms with Crippen molar-refractivity contribution in [2.45, 2.75) is 48.7 Å². The third-order valence-corrected chi connectivity index (χ3v) is 7.61. The number of carbonyl (C=O) groups is 2. The lowest BCUT2D eigenvalue weighted by Gasteiger charge is -2.29. The van der Waals surface area contributed by atoms with Crippen LogP contribution in [0.1, 0.15) is 48.4 Å². The summed E-state index contributed by atoms with van der Waals surface area (Å²) in [6.07, 6.45) is -1.18. The Hall–Kier alpha value is -3.40. The number of amides is 1. The molecule has 0 aromatic heterocycles. The molecular formula is C28H30ClNO7S. The molecular weight excluding hydrogens is 530 g/mol. The van der Waals surface area contributed by atoms with Crippen molar-refractivity contribution in [3.63, 3.8) is 0 Å². The number of carboxylic acid groups (broad SMARTS) is 1. The van der Waals surface area contributed by atoms with E-state index in [2.05, 4.69) is 0 Å². The van der Waals surface area contributed by atoms with Gasteiger partial charge in [0.2, 0.25) is 9.84 Å². The summed E-state index contributed by atoms with van der Waals surface area (Å²) in [5.41, 5.74) is 0.608. The summed E-state index contributed by atoms with van der Waals surface area (Å²) in [7, 11) is -3.83. The molecule has 8 nitrogen and oxygen atoms in total. The average Bonchev–Trinajstić information content (AvgIpc) is 2.85. The predicted molar refractivity (Wildman–Crippen MR) is 143 cm³/mol. The molecule has 3 rings (SSSR count). The van der Waals surface area contributed by atoms with Gasteiger partial charge in [0.05, 0.1) is 28.0 Å². The number of carbonyl (C=O) groups excluding carboxylic acids is 1. The van der Waals surface area contributed by atoms with E-state index in [4.69, 9.17) is 21.4 Å². The first-order chi connectivity index (χ1) is 17.8. The highest BCUT2D eigenvalue weighted by Crippen LogP contribution is 2.23. The quantitative estimate of drug-likeness (QED) is 0.361. The second kappa shape index (κ2) is 12.0. The van der Waals surface area contributed by atoms with Gasteiger partial charge in [0, 0.05) is 11.6 Å². The zero-order valence-electron chi connectivity index (χ0n) is 21.3. The first kappa shape index (κ1) is 29.2. The SMILES string of the molecule is CC(C)(C)OC(=O)N(CCc1ccc(S(=O)(=O)c2ccc(C(=O)O)cc2)cc1)CC(O)c1cccc(Cl)c1. The van der Waals surface area contributed by atoms with Crippen LogP contribution in [0.3, 0.4) is 0 Å². The van der Waals surface area contributed by atoms with Crippen molar-refractivity contribution in [3.05, 3.63) is 94.5 Å². The maximum Gasteiger partial charge on any atom is 0.410 e. The maximum absolute atomic E-state index is 12.9. The van der Waals surface area contributed by atoms with E-state index in [1.54, 1.807) is 57.2 Å². The lowest BCUT2D eigenvalue weighted by atomic mass is 10.1. The van der Waals surface area contributed by atoms with Crippen LogP contribution < -0.4 is 0 Å². The molecule has 202 valence electrons. The molecule has 1 unspecified atom stereocenters. The zero-order valence-corrected chi connectivity index (χ0v) is 22.9. The molecule has 0 fully saturated rings. The number of aliphatic hydroxyl groups is 1. The fourth-order valence-electron chi connectivity index (χ4n) is 3.62. The first-order valence-electron chi connectivity index (χ1n) is 11.8. The second-order valence-electron chi connectivity index (χ2n) is 9.72. The number of rotatable bonds is 9. The third-order valence-electron chi connectivity index (χ3n) is 5.59. The minimum atomic E-state index is -3.83. The third kappa shape index (κ3) is 7.80. The van der Waals surface area contributed by atoms with E-state index in [9.17, 15) is 23.1 Å². The lowest BCUT2D eigenvalue weighted by Crippen LogP contribution is -2.40. The van der Waals surface area contributed by atoms with E-state index >= 15 is 0 Å². The molecule has 2 N–H and O–H groups in total. The van der Waals surface area contributed by atoms with Crippen molar-refractivity contribution in [2.75, 3.05) is 13.1 Å². The molecule has 1 atom stereocenters. The van der Waals surface area contributed by atoms with Gasteiger partial charge in [-0.25, -0.2) is 18.0 Å². The number of hydrogen-bond acceptors (Lipinski definition) is 6. The Morgan fingerprint density at radius 2 is 1.55 bits per heavy atom. The number of sulfone groups is 1. The summed E-state index contributed by atoms with van der Waals surface area (Å²) in [5, 5.41) is 20.2. The van der Waals surface area contributed by atoms with Crippen LogP contribution in [0.4, 0.5) is 4.79 Å². The minimum Gasteiger partial charge on any atom is -0.478 e. The summed E-state index contributed by atoms with van der Waals surface area (Å²) < 4.78 is 31.4. The molecule has 38 heavy (non-hydrogen) atoms. The van der Waals surface area contributed by atoms with E-state index in [0.29, 0.717) is 17.0 Å². The van der Waals surface area contributed by atoms with E-state index in [1.165, 1.54) is 41.3 Å². The summed E-state index contributed by atoms with van der Waals surface area (Å²) in [4.78, 5) is 25.4. The largest absolute Gasteiger partial charge is 0.478 e. The molecule has 0 saturated heterocycles. The molecule has 0 bridgehead atoms. The highest BCUT2D eigenvalue weighted by molar-refractivity contribution is 7.91. The Bertz CT molecular complexity index is 1380. The topological polar surface area (TPSA) is 121 Å². The smallest absolute Gasteiger partial charge is 0.410 e. The monoisotopic (exact) mass is 559 g/mol. The fraction of sp³-hybridized carbons (Fsp3) is 0.286. The highest BCUT2D eigenvalue weighted by Gasteiger charge is 2.25. The first-order valence-corrected chi connectivity index (χ1v) is 13.7. The summed E-state index contributed by atoms with van der Waals surface area (Å²) in [6.45, 7) is 5.46. The lowest BCUT2D eigenvalue weighted by molar-refractivity contribution is 0.0147. The Kier molecular flexibility index (Phi) is 9.19. The predicted octanol–water partition coefficient (Wildman–Crippen LogP) is 5.38. The van der Waals surface area contributed by atoms with Crippen molar-refractivity contribution in [1.29, 1.82) is 0 Å². The van der Waals surface area contributed by atoms with Gasteiger partial charge < -0.3 is 19.8 Å². The van der Waals surface area contributed by atoms with Gasteiger partial charge in [0.25, 0.3) is 0 Å². The van der Waals surface area contributed by atoms with E-state index < -0.39 is 33.6 Å². The van der Waals surface area contributed by atoms with Crippen molar-refractivity contribution in [2.24, 2.45) is 0 Å². The van der Waals surface area contributed by atoms with Crippen molar-refractivity contribution >= 4 is 33.5 Å². The maximum atomic E-state index is 12.9. The van der Waals surface area contributed by atoms with Crippen LogP contribution >= 0.6 is 11.6 Å². The number of aromatic carboxylic acids is 1. The number of ether oxygens (including phenoxy) is 1.